The number of hydrogen-bond donors (Lipinski definition) is 0. The largest absolute Gasteiger partial charge is 0.501 e. The number of benzene rings is 4. The normalized spacial score (nSPS) is 13.1. The van der Waals surface area contributed by atoms with Gasteiger partial charge >= 0.3 is 0 Å². The Morgan fingerprint density at radius 1 is 0.688 bits per heavy atom. The van der Waals surface area contributed by atoms with E-state index in [4.69, 9.17) is 4.42 Å². The van der Waals surface area contributed by atoms with Gasteiger partial charge in [0.15, 0.2) is 0 Å². The summed E-state index contributed by atoms with van der Waals surface area (Å²) in [5.74, 6) is 0.873. The first-order valence-electron chi connectivity index (χ1n) is 16.9. The SMILES string of the molecule is Cc1cnc(-c2[c-]ccc3c2oc2ccccc23)cc1Cc1ccccc1.Cc1cnc(-c2[c-]cccc2)cc1CC1CCCCC1.[Ir]. The van der Waals surface area contributed by atoms with Crippen LogP contribution in [0.25, 0.3) is 44.5 Å². The second-order valence-corrected chi connectivity index (χ2v) is 12.8. The Bertz CT molecular complexity index is 2100. The minimum absolute atomic E-state index is 0. The molecule has 3 nitrogen and oxygen atoms in total. The van der Waals surface area contributed by atoms with Crippen molar-refractivity contribution in [2.45, 2.75) is 58.8 Å². The molecule has 3 aromatic heterocycles. The molecule has 4 heteroatoms. The maximum Gasteiger partial charge on any atom is 0.120 e. The van der Waals surface area contributed by atoms with Gasteiger partial charge in [0, 0.05) is 37.9 Å². The summed E-state index contributed by atoms with van der Waals surface area (Å²) in [5, 5.41) is 2.23. The number of aromatic nitrogens is 2. The molecule has 0 amide bonds. The summed E-state index contributed by atoms with van der Waals surface area (Å²) >= 11 is 0. The van der Waals surface area contributed by atoms with Gasteiger partial charge in [-0.25, -0.2) is 0 Å². The van der Waals surface area contributed by atoms with Gasteiger partial charge in [-0.2, -0.15) is 0 Å². The van der Waals surface area contributed by atoms with Crippen molar-refractivity contribution in [1.29, 1.82) is 0 Å². The summed E-state index contributed by atoms with van der Waals surface area (Å²) in [6, 6.07) is 41.8. The number of pyridine rings is 2. The molecule has 7 aromatic rings. The fraction of sp³-hybridized carbons (Fsp3) is 0.227. The number of nitrogens with zero attached hydrogens (tertiary/aromatic N) is 2. The van der Waals surface area contributed by atoms with E-state index < -0.39 is 0 Å². The van der Waals surface area contributed by atoms with Crippen LogP contribution in [0.2, 0.25) is 0 Å². The Balaban J connectivity index is 0.000000171. The molecular formula is C44H40IrN2O-2. The minimum atomic E-state index is 0. The average Bonchev–Trinajstić information content (AvgIpc) is 3.51. The van der Waals surface area contributed by atoms with Gasteiger partial charge in [0.05, 0.1) is 5.58 Å². The Morgan fingerprint density at radius 3 is 2.19 bits per heavy atom. The number of rotatable bonds is 6. The standard InChI is InChI=1S/C25H18NO.C19H22N.Ir/c1-17-16-26-23(15-19(17)14-18-8-3-2-4-9-18)22-12-7-11-21-20-10-5-6-13-24(20)27-25(21)22;1-15-14-20-19(17-10-6-3-7-11-17)13-18(15)12-16-8-4-2-5-9-16;/h2-11,13,15-16H,14H2,1H3;3,6-7,10,13-14,16H,2,4-5,8-9,12H2,1H3;/q2*-1;. The molecule has 1 fully saturated rings. The average molecular weight is 805 g/mol. The van der Waals surface area contributed by atoms with E-state index in [0.717, 1.165) is 56.8 Å². The Kier molecular flexibility index (Phi) is 11.0. The quantitative estimate of drug-likeness (QED) is 0.157. The second kappa shape index (κ2) is 15.7. The zero-order valence-electron chi connectivity index (χ0n) is 27.6. The van der Waals surface area contributed by atoms with Crippen molar-refractivity contribution in [3.8, 4) is 22.5 Å². The van der Waals surface area contributed by atoms with Crippen LogP contribution in [0.15, 0.2) is 120 Å². The van der Waals surface area contributed by atoms with Gasteiger partial charge in [-0.15, -0.1) is 54.1 Å². The summed E-state index contributed by atoms with van der Waals surface area (Å²) in [7, 11) is 0. The van der Waals surface area contributed by atoms with Crippen molar-refractivity contribution in [2.24, 2.45) is 5.92 Å². The Hall–Kier alpha value is -4.37. The smallest absolute Gasteiger partial charge is 0.120 e. The van der Waals surface area contributed by atoms with Crippen LogP contribution in [0.5, 0.6) is 0 Å². The zero-order valence-corrected chi connectivity index (χ0v) is 30.0. The predicted octanol–water partition coefficient (Wildman–Crippen LogP) is 11.3. The number of aryl methyl sites for hydroxylation is 2. The molecule has 8 rings (SSSR count). The number of hydrogen-bond acceptors (Lipinski definition) is 3. The topological polar surface area (TPSA) is 38.9 Å². The van der Waals surface area contributed by atoms with Crippen molar-refractivity contribution >= 4 is 21.9 Å². The summed E-state index contributed by atoms with van der Waals surface area (Å²) in [6.07, 6.45) is 13.1. The molecule has 3 heterocycles. The van der Waals surface area contributed by atoms with E-state index >= 15 is 0 Å². The van der Waals surface area contributed by atoms with E-state index in [2.05, 4.69) is 90.5 Å². The number of furan rings is 1. The van der Waals surface area contributed by atoms with E-state index in [1.165, 1.54) is 66.3 Å². The van der Waals surface area contributed by atoms with E-state index in [9.17, 15) is 0 Å². The van der Waals surface area contributed by atoms with E-state index in [-0.39, 0.29) is 20.1 Å². The first-order valence-corrected chi connectivity index (χ1v) is 16.9. The van der Waals surface area contributed by atoms with Crippen LogP contribution in [0.1, 0.15) is 59.9 Å². The maximum atomic E-state index is 6.16. The minimum Gasteiger partial charge on any atom is -0.501 e. The molecule has 1 saturated carbocycles. The third-order valence-corrected chi connectivity index (χ3v) is 9.48. The van der Waals surface area contributed by atoms with Gasteiger partial charge in [0.25, 0.3) is 0 Å². The molecule has 243 valence electrons. The monoisotopic (exact) mass is 805 g/mol. The molecular weight excluding hydrogens is 765 g/mol. The van der Waals surface area contributed by atoms with Crippen LogP contribution in [-0.4, -0.2) is 9.97 Å². The van der Waals surface area contributed by atoms with Crippen molar-refractivity contribution < 1.29 is 24.5 Å². The van der Waals surface area contributed by atoms with E-state index in [1.807, 2.05) is 60.9 Å². The molecule has 0 unspecified atom stereocenters. The summed E-state index contributed by atoms with van der Waals surface area (Å²) in [5.41, 5.74) is 12.3. The summed E-state index contributed by atoms with van der Waals surface area (Å²) in [6.45, 7) is 4.30. The molecule has 1 aliphatic rings. The first kappa shape index (κ1) is 33.5. The summed E-state index contributed by atoms with van der Waals surface area (Å²) < 4.78 is 6.16. The summed E-state index contributed by atoms with van der Waals surface area (Å²) in [4.78, 5) is 9.25. The van der Waals surface area contributed by atoms with Crippen LogP contribution in [0.4, 0.5) is 0 Å². The van der Waals surface area contributed by atoms with Crippen molar-refractivity contribution in [2.75, 3.05) is 0 Å². The van der Waals surface area contributed by atoms with E-state index in [1.54, 1.807) is 0 Å². The van der Waals surface area contributed by atoms with Gasteiger partial charge in [-0.05, 0) is 72.3 Å². The molecule has 0 atom stereocenters. The third-order valence-electron chi connectivity index (χ3n) is 9.48. The van der Waals surface area contributed by atoms with Gasteiger partial charge in [-0.3, -0.25) is 0 Å². The van der Waals surface area contributed by atoms with Gasteiger partial charge < -0.3 is 14.4 Å². The van der Waals surface area contributed by atoms with Gasteiger partial charge in [-0.1, -0.05) is 109 Å². The predicted molar refractivity (Wildman–Crippen MR) is 193 cm³/mol. The van der Waals surface area contributed by atoms with Crippen LogP contribution in [0.3, 0.4) is 0 Å². The maximum absolute atomic E-state index is 6.16. The molecule has 1 aliphatic carbocycles. The fourth-order valence-electron chi connectivity index (χ4n) is 6.78. The Labute approximate surface area is 297 Å². The van der Waals surface area contributed by atoms with Crippen LogP contribution in [0, 0.1) is 31.9 Å². The van der Waals surface area contributed by atoms with Crippen LogP contribution >= 0.6 is 0 Å². The van der Waals surface area contributed by atoms with Crippen molar-refractivity contribution in [3.63, 3.8) is 0 Å². The number of para-hydroxylation sites is 1. The molecule has 0 bridgehead atoms. The van der Waals surface area contributed by atoms with Crippen LogP contribution in [-0.2, 0) is 32.9 Å². The first-order chi connectivity index (χ1) is 23.1. The third kappa shape index (κ3) is 7.67. The van der Waals surface area contributed by atoms with Crippen molar-refractivity contribution in [1.82, 2.24) is 9.97 Å². The second-order valence-electron chi connectivity index (χ2n) is 12.8. The fourth-order valence-corrected chi connectivity index (χ4v) is 6.78. The Morgan fingerprint density at radius 2 is 1.40 bits per heavy atom. The van der Waals surface area contributed by atoms with E-state index in [0.29, 0.717) is 0 Å². The molecule has 0 aliphatic heterocycles. The molecule has 0 saturated heterocycles. The molecule has 1 radical (unpaired) electrons. The van der Waals surface area contributed by atoms with Gasteiger partial charge in [0.2, 0.25) is 0 Å². The zero-order chi connectivity index (χ0) is 32.0. The molecule has 48 heavy (non-hydrogen) atoms. The molecule has 0 spiro atoms. The molecule has 0 N–H and O–H groups in total. The molecule has 4 aromatic carbocycles. The number of fused-ring (bicyclic) bond motifs is 3. The van der Waals surface area contributed by atoms with Crippen molar-refractivity contribution in [3.05, 3.63) is 155 Å². The van der Waals surface area contributed by atoms with Gasteiger partial charge in [0.1, 0.15) is 5.58 Å². The van der Waals surface area contributed by atoms with Crippen LogP contribution < -0.4 is 0 Å².